The largest absolute Gasteiger partial charge is 0.756 e. The number of nitrogen functional groups attached to an aromatic ring is 1. The van der Waals surface area contributed by atoms with E-state index in [2.05, 4.69) is 28.3 Å². The smallest absolute Gasteiger partial charge is 0.292 e. The number of hydrogen-bond acceptors (Lipinski definition) is 18. The topological polar surface area (TPSA) is 324 Å². The standard InChI is InChI=1S/C21H27N7O14P2/c22-17-12-19(25-7-24-17)28(8-26-12)21-16(32)14(30)11(41-21)6-39-44(36,37)42-43(34,35)38-5-10-13(29)15(31)20(40-10)27-3-1-2-9(4-27)18(23)33/h1-4,7-8,10-11,13-16,20-21,29-32H,5-6H2,(H5-,22,23,24,25,33,34,35,36,37)/p-1/t10-,11+,13+,14?,15?,16-,20-,21+/m0/s1. The maximum atomic E-state index is 12.3. The van der Waals surface area contributed by atoms with Crippen molar-refractivity contribution in [2.24, 2.45) is 5.73 Å². The molecule has 240 valence electrons. The Bertz CT molecular complexity index is 1630. The van der Waals surface area contributed by atoms with E-state index in [1.54, 1.807) is 0 Å². The van der Waals surface area contributed by atoms with Crippen molar-refractivity contribution in [1.29, 1.82) is 0 Å². The number of phosphoric acid groups is 2. The number of fused-ring (bicyclic) bond motifs is 1. The first-order valence-corrected chi connectivity index (χ1v) is 15.5. The van der Waals surface area contributed by atoms with E-state index < -0.39 is 83.8 Å². The lowest BCUT2D eigenvalue weighted by molar-refractivity contribution is -0.765. The van der Waals surface area contributed by atoms with E-state index >= 15 is 0 Å². The summed E-state index contributed by atoms with van der Waals surface area (Å²) in [6.45, 7) is -1.98. The maximum absolute atomic E-state index is 12.3. The molecule has 5 heterocycles. The molecule has 8 N–H and O–H groups in total. The van der Waals surface area contributed by atoms with Crippen LogP contribution >= 0.6 is 15.6 Å². The van der Waals surface area contributed by atoms with Crippen LogP contribution in [0.3, 0.4) is 0 Å². The molecule has 3 aromatic heterocycles. The molecule has 3 aromatic rings. The maximum Gasteiger partial charge on any atom is 0.292 e. The third kappa shape index (κ3) is 6.65. The van der Waals surface area contributed by atoms with Gasteiger partial charge in [-0.05, 0) is 6.07 Å². The first-order valence-electron chi connectivity index (χ1n) is 12.6. The van der Waals surface area contributed by atoms with E-state index in [1.165, 1.54) is 40.0 Å². The van der Waals surface area contributed by atoms with Crippen LogP contribution in [-0.2, 0) is 32.0 Å². The summed E-state index contributed by atoms with van der Waals surface area (Å²) < 4.78 is 51.1. The Labute approximate surface area is 246 Å². The molecule has 1 amide bonds. The number of phosphoric ester groups is 2. The van der Waals surface area contributed by atoms with Gasteiger partial charge in [-0.2, -0.15) is 4.57 Å². The van der Waals surface area contributed by atoms with Crippen LogP contribution in [0, 0.1) is 0 Å². The molecular weight excluding hydrogens is 636 g/mol. The van der Waals surface area contributed by atoms with E-state index in [4.69, 9.17) is 20.9 Å². The molecule has 0 spiro atoms. The Morgan fingerprint density at radius 1 is 1.00 bits per heavy atom. The van der Waals surface area contributed by atoms with Crippen molar-refractivity contribution in [3.05, 3.63) is 42.7 Å². The number of imidazole rings is 1. The molecule has 0 aliphatic carbocycles. The molecule has 0 saturated carbocycles. The monoisotopic (exact) mass is 662 g/mol. The van der Waals surface area contributed by atoms with Crippen LogP contribution in [0.1, 0.15) is 22.8 Å². The van der Waals surface area contributed by atoms with Gasteiger partial charge in [-0.15, -0.1) is 0 Å². The summed E-state index contributed by atoms with van der Waals surface area (Å²) in [5, 5.41) is 41.5. The Hall–Kier alpha value is -3.01. The second-order valence-corrected chi connectivity index (χ2v) is 12.6. The zero-order valence-corrected chi connectivity index (χ0v) is 23.9. The second-order valence-electron chi connectivity index (χ2n) is 9.65. The highest BCUT2D eigenvalue weighted by Crippen LogP contribution is 2.56. The Morgan fingerprint density at radius 2 is 1.64 bits per heavy atom. The number of pyridine rings is 1. The highest BCUT2D eigenvalue weighted by Gasteiger charge is 2.49. The summed E-state index contributed by atoms with van der Waals surface area (Å²) in [5.41, 5.74) is 11.3. The van der Waals surface area contributed by atoms with Crippen LogP contribution in [-0.4, -0.2) is 95.7 Å². The van der Waals surface area contributed by atoms with Crippen molar-refractivity contribution in [3.8, 4) is 0 Å². The minimum atomic E-state index is -5.68. The van der Waals surface area contributed by atoms with E-state index in [9.17, 15) is 44.1 Å². The second kappa shape index (κ2) is 12.4. The summed E-state index contributed by atoms with van der Waals surface area (Å²) in [6.07, 6.45) is -7.26. The van der Waals surface area contributed by atoms with Gasteiger partial charge in [0.1, 0.15) is 47.9 Å². The van der Waals surface area contributed by atoms with Crippen molar-refractivity contribution in [2.45, 2.75) is 49.1 Å². The molecule has 2 aliphatic heterocycles. The van der Waals surface area contributed by atoms with E-state index in [-0.39, 0.29) is 22.5 Å². The van der Waals surface area contributed by atoms with Gasteiger partial charge in [0, 0.05) is 6.07 Å². The number of anilines is 1. The average Bonchev–Trinajstić information content (AvgIpc) is 3.61. The zero-order chi connectivity index (χ0) is 32.0. The number of amides is 1. The molecule has 0 radical (unpaired) electrons. The minimum Gasteiger partial charge on any atom is -0.756 e. The summed E-state index contributed by atoms with van der Waals surface area (Å²) in [7, 11) is -11.4. The Morgan fingerprint density at radius 3 is 2.30 bits per heavy atom. The van der Waals surface area contributed by atoms with Crippen molar-refractivity contribution < 1.29 is 71.5 Å². The van der Waals surface area contributed by atoms with Gasteiger partial charge in [0.2, 0.25) is 0 Å². The van der Waals surface area contributed by atoms with Gasteiger partial charge in [-0.25, -0.2) is 19.3 Å². The number of aliphatic hydroxyl groups excluding tert-OH is 4. The molecule has 2 saturated heterocycles. The highest BCUT2D eigenvalue weighted by atomic mass is 31.3. The molecule has 21 nitrogen and oxygen atoms in total. The molecule has 23 heteroatoms. The lowest BCUT2D eigenvalue weighted by Crippen LogP contribution is -2.46. The number of nitrogens with zero attached hydrogens (tertiary/aromatic N) is 5. The summed E-state index contributed by atoms with van der Waals surface area (Å²) in [6, 6.07) is 2.80. The van der Waals surface area contributed by atoms with Gasteiger partial charge in [-0.3, -0.25) is 18.5 Å². The molecule has 5 rings (SSSR count). The van der Waals surface area contributed by atoms with Crippen LogP contribution in [0.15, 0.2) is 37.2 Å². The van der Waals surface area contributed by atoms with Crippen molar-refractivity contribution in [1.82, 2.24) is 19.5 Å². The number of primary amides is 1. The van der Waals surface area contributed by atoms with E-state index in [1.807, 2.05) is 0 Å². The molecule has 2 aliphatic rings. The van der Waals surface area contributed by atoms with Crippen molar-refractivity contribution >= 4 is 38.5 Å². The average molecular weight is 662 g/mol. The van der Waals surface area contributed by atoms with Gasteiger partial charge in [0.25, 0.3) is 27.8 Å². The van der Waals surface area contributed by atoms with Gasteiger partial charge in [0.15, 0.2) is 36.2 Å². The number of rotatable bonds is 11. The molecule has 10 atom stereocenters. The van der Waals surface area contributed by atoms with Crippen LogP contribution in [0.5, 0.6) is 0 Å². The van der Waals surface area contributed by atoms with Crippen LogP contribution in [0.25, 0.3) is 11.2 Å². The fourth-order valence-electron chi connectivity index (χ4n) is 4.56. The van der Waals surface area contributed by atoms with Gasteiger partial charge in [0.05, 0.1) is 19.5 Å². The Kier molecular flexibility index (Phi) is 9.13. The van der Waals surface area contributed by atoms with Crippen LogP contribution in [0.2, 0.25) is 0 Å². The lowest BCUT2D eigenvalue weighted by atomic mass is 10.1. The lowest BCUT2D eigenvalue weighted by Gasteiger charge is -2.31. The molecule has 0 aromatic carbocycles. The van der Waals surface area contributed by atoms with Crippen molar-refractivity contribution in [2.75, 3.05) is 18.9 Å². The number of ether oxygens (including phenoxy) is 2. The van der Waals surface area contributed by atoms with Crippen LogP contribution in [0.4, 0.5) is 5.82 Å². The quantitative estimate of drug-likeness (QED) is 0.0835. The third-order valence-corrected chi connectivity index (χ3v) is 9.26. The molecule has 4 unspecified atom stereocenters. The fourth-order valence-corrected chi connectivity index (χ4v) is 6.58. The zero-order valence-electron chi connectivity index (χ0n) is 22.2. The summed E-state index contributed by atoms with van der Waals surface area (Å²) in [5.74, 6) is -0.743. The third-order valence-electron chi connectivity index (χ3n) is 6.73. The molecule has 2 fully saturated rings. The summed E-state index contributed by atoms with van der Waals surface area (Å²) >= 11 is 0. The number of nitrogens with two attached hydrogens (primary N) is 2. The number of carbonyl (C=O) groups excluding carboxylic acids is 1. The van der Waals surface area contributed by atoms with Crippen molar-refractivity contribution in [3.63, 3.8) is 0 Å². The molecule has 44 heavy (non-hydrogen) atoms. The molecule has 0 bridgehead atoms. The number of hydrogen-bond donors (Lipinski definition) is 6. The number of aromatic nitrogens is 5. The highest BCUT2D eigenvalue weighted by molar-refractivity contribution is 7.59. The number of carbonyl (C=O) groups is 1. The first-order chi connectivity index (χ1) is 20.7. The Balaban J connectivity index is 1.16. The predicted molar refractivity (Wildman–Crippen MR) is 135 cm³/mol. The first kappa shape index (κ1) is 32.4. The normalized spacial score (nSPS) is 31.6. The summed E-state index contributed by atoms with van der Waals surface area (Å²) in [4.78, 5) is 47.8. The fraction of sp³-hybridized carbons (Fsp3) is 0.476. The van der Waals surface area contributed by atoms with Gasteiger partial charge in [-0.1, -0.05) is 0 Å². The number of aliphatic hydroxyl groups is 4. The SMILES string of the molecule is NC(=O)c1ccc[n+]([C@H]2O[C@@H](COP(=O)([O-])OP(=O)([O-])OC[C@H]3O[C@@H](n4cnc5c(N)ncnc54)[C@@H](O)C3O)[C@@H](O)C2O)c1. The van der Waals surface area contributed by atoms with Gasteiger partial charge >= 0.3 is 0 Å². The van der Waals surface area contributed by atoms with E-state index in [0.29, 0.717) is 0 Å². The molecular formula is C21H26N7O14P2-. The van der Waals surface area contributed by atoms with Crippen LogP contribution < -0.4 is 25.8 Å². The minimum absolute atomic E-state index is 0.0363. The van der Waals surface area contributed by atoms with E-state index in [0.717, 1.165) is 6.33 Å². The van der Waals surface area contributed by atoms with Gasteiger partial charge < -0.3 is 60.2 Å². The predicted octanol–water partition coefficient (Wildman–Crippen LogP) is -4.28.